The van der Waals surface area contributed by atoms with Gasteiger partial charge >= 0.3 is 0 Å². The van der Waals surface area contributed by atoms with Crippen molar-refractivity contribution in [3.8, 4) is 11.5 Å². The first kappa shape index (κ1) is 7.88. The molecule has 1 aromatic rings. The van der Waals surface area contributed by atoms with E-state index in [2.05, 4.69) is 0 Å². The predicted octanol–water partition coefficient (Wildman–Crippen LogP) is 1.21. The lowest BCUT2D eigenvalue weighted by molar-refractivity contribution is 0.404. The molecule has 1 radical (unpaired) electrons. The zero-order valence-corrected chi connectivity index (χ0v) is 6.09. The van der Waals surface area contributed by atoms with Crippen LogP contribution >= 0.6 is 11.6 Å². The standard InChI is InChI=1S/C7H4ClO3/c8-6-4(3-9)1-2-5(10)7(6)11/h1-2,10-11H. The maximum Gasteiger partial charge on any atom is 0.235 e. The fourth-order valence-electron chi connectivity index (χ4n) is 0.633. The van der Waals surface area contributed by atoms with Crippen LogP contribution in [0.5, 0.6) is 11.5 Å². The van der Waals surface area contributed by atoms with E-state index in [0.29, 0.717) is 0 Å². The molecule has 0 atom stereocenters. The van der Waals surface area contributed by atoms with Crippen molar-refractivity contribution in [2.75, 3.05) is 0 Å². The Bertz CT molecular complexity index is 296. The van der Waals surface area contributed by atoms with Crippen molar-refractivity contribution >= 4 is 17.9 Å². The van der Waals surface area contributed by atoms with Crippen molar-refractivity contribution in [2.24, 2.45) is 0 Å². The first-order valence-electron chi connectivity index (χ1n) is 2.75. The lowest BCUT2D eigenvalue weighted by Gasteiger charge is -1.99. The summed E-state index contributed by atoms with van der Waals surface area (Å²) in [5.74, 6) is -0.846. The van der Waals surface area contributed by atoms with Crippen LogP contribution in [0.15, 0.2) is 12.1 Å². The van der Waals surface area contributed by atoms with Crippen LogP contribution < -0.4 is 0 Å². The van der Waals surface area contributed by atoms with Crippen molar-refractivity contribution in [3.63, 3.8) is 0 Å². The third-order valence-corrected chi connectivity index (χ3v) is 1.59. The number of carbonyl (C=O) groups excluding carboxylic acids is 1. The van der Waals surface area contributed by atoms with Crippen molar-refractivity contribution in [2.45, 2.75) is 0 Å². The summed E-state index contributed by atoms with van der Waals surface area (Å²) in [7, 11) is 0. The van der Waals surface area contributed by atoms with Gasteiger partial charge in [-0.05, 0) is 12.1 Å². The van der Waals surface area contributed by atoms with E-state index >= 15 is 0 Å². The van der Waals surface area contributed by atoms with Gasteiger partial charge < -0.3 is 10.2 Å². The Kier molecular flexibility index (Phi) is 2.01. The van der Waals surface area contributed by atoms with Gasteiger partial charge in [0.15, 0.2) is 11.5 Å². The van der Waals surface area contributed by atoms with Gasteiger partial charge in [0, 0.05) is 5.56 Å². The summed E-state index contributed by atoms with van der Waals surface area (Å²) in [6.07, 6.45) is 1.51. The third-order valence-electron chi connectivity index (χ3n) is 1.20. The van der Waals surface area contributed by atoms with Gasteiger partial charge in [-0.1, -0.05) is 11.6 Å². The summed E-state index contributed by atoms with van der Waals surface area (Å²) >= 11 is 5.43. The van der Waals surface area contributed by atoms with E-state index in [0.717, 1.165) is 0 Å². The highest BCUT2D eigenvalue weighted by atomic mass is 35.5. The number of aromatic hydroxyl groups is 2. The molecule has 0 fully saturated rings. The van der Waals surface area contributed by atoms with E-state index in [1.165, 1.54) is 18.4 Å². The molecule has 0 aliphatic heterocycles. The molecule has 4 heteroatoms. The molecule has 0 aliphatic carbocycles. The van der Waals surface area contributed by atoms with Crippen molar-refractivity contribution < 1.29 is 15.0 Å². The van der Waals surface area contributed by atoms with Gasteiger partial charge in [-0.3, -0.25) is 4.79 Å². The first-order chi connectivity index (χ1) is 5.16. The fourth-order valence-corrected chi connectivity index (χ4v) is 0.832. The lowest BCUT2D eigenvalue weighted by Crippen LogP contribution is -1.82. The minimum Gasteiger partial charge on any atom is -0.504 e. The normalized spacial score (nSPS) is 9.55. The number of phenolic OH excluding ortho intramolecular Hbond substituents is 2. The molecule has 0 heterocycles. The number of benzene rings is 1. The second-order valence-electron chi connectivity index (χ2n) is 1.90. The number of hydrogen-bond donors (Lipinski definition) is 2. The van der Waals surface area contributed by atoms with Gasteiger partial charge in [-0.25, -0.2) is 0 Å². The Hall–Kier alpha value is -1.22. The Labute approximate surface area is 67.8 Å². The average molecular weight is 172 g/mol. The maximum absolute atomic E-state index is 10.1. The predicted molar refractivity (Wildman–Crippen MR) is 39.6 cm³/mol. The number of halogens is 1. The molecule has 11 heavy (non-hydrogen) atoms. The lowest BCUT2D eigenvalue weighted by atomic mass is 10.2. The smallest absolute Gasteiger partial charge is 0.235 e. The first-order valence-corrected chi connectivity index (χ1v) is 3.13. The van der Waals surface area contributed by atoms with Gasteiger partial charge in [0.05, 0.1) is 5.02 Å². The van der Waals surface area contributed by atoms with E-state index in [-0.39, 0.29) is 16.3 Å². The molecule has 57 valence electrons. The van der Waals surface area contributed by atoms with Crippen LogP contribution in [0.2, 0.25) is 5.02 Å². The monoisotopic (exact) mass is 171 g/mol. The van der Waals surface area contributed by atoms with Gasteiger partial charge in [-0.15, -0.1) is 0 Å². The highest BCUT2D eigenvalue weighted by Crippen LogP contribution is 2.34. The van der Waals surface area contributed by atoms with E-state index in [1.54, 1.807) is 0 Å². The average Bonchev–Trinajstić information content (AvgIpc) is 2.01. The Morgan fingerprint density at radius 2 is 2.00 bits per heavy atom. The molecular weight excluding hydrogens is 168 g/mol. The second-order valence-corrected chi connectivity index (χ2v) is 2.27. The van der Waals surface area contributed by atoms with Gasteiger partial charge in [0.25, 0.3) is 0 Å². The van der Waals surface area contributed by atoms with Crippen LogP contribution in [0, 0.1) is 0 Å². The third kappa shape index (κ3) is 1.28. The second kappa shape index (κ2) is 2.80. The molecule has 0 unspecified atom stereocenters. The fraction of sp³-hybridized carbons (Fsp3) is 0. The molecular formula is C7H4ClO3. The van der Waals surface area contributed by atoms with Gasteiger partial charge in [-0.2, -0.15) is 0 Å². The molecule has 0 saturated heterocycles. The van der Waals surface area contributed by atoms with Crippen LogP contribution in [-0.4, -0.2) is 16.5 Å². The topological polar surface area (TPSA) is 57.5 Å². The Balaban J connectivity index is 3.36. The van der Waals surface area contributed by atoms with Gasteiger partial charge in [0.2, 0.25) is 6.29 Å². The van der Waals surface area contributed by atoms with Crippen LogP contribution in [0.25, 0.3) is 0 Å². The van der Waals surface area contributed by atoms with Crippen LogP contribution in [0.3, 0.4) is 0 Å². The van der Waals surface area contributed by atoms with Crippen LogP contribution in [0.1, 0.15) is 5.56 Å². The summed E-state index contributed by atoms with van der Waals surface area (Å²) in [5.41, 5.74) is 0.0296. The Morgan fingerprint density at radius 3 is 2.55 bits per heavy atom. The summed E-state index contributed by atoms with van der Waals surface area (Å²) in [4.78, 5) is 10.1. The molecule has 3 nitrogen and oxygen atoms in total. The summed E-state index contributed by atoms with van der Waals surface area (Å²) in [6.45, 7) is 0. The molecule has 0 aliphatic rings. The number of hydrogen-bond acceptors (Lipinski definition) is 3. The van der Waals surface area contributed by atoms with Crippen molar-refractivity contribution in [1.29, 1.82) is 0 Å². The number of rotatable bonds is 1. The minimum atomic E-state index is -0.493. The van der Waals surface area contributed by atoms with E-state index < -0.39 is 5.75 Å². The molecule has 0 bridgehead atoms. The van der Waals surface area contributed by atoms with E-state index in [1.807, 2.05) is 0 Å². The number of phenols is 2. The molecule has 0 saturated carbocycles. The Morgan fingerprint density at radius 1 is 1.36 bits per heavy atom. The minimum absolute atomic E-state index is 0.0296. The van der Waals surface area contributed by atoms with Crippen LogP contribution in [-0.2, 0) is 4.79 Å². The summed E-state index contributed by atoms with van der Waals surface area (Å²) in [5, 5.41) is 17.6. The SMILES string of the molecule is O=[C]c1ccc(O)c(O)c1Cl. The van der Waals surface area contributed by atoms with E-state index in [9.17, 15) is 4.79 Å². The zero-order valence-electron chi connectivity index (χ0n) is 5.34. The molecule has 0 amide bonds. The summed E-state index contributed by atoms with van der Waals surface area (Å²) in [6, 6.07) is 2.44. The van der Waals surface area contributed by atoms with Crippen molar-refractivity contribution in [1.82, 2.24) is 0 Å². The quantitative estimate of drug-likeness (QED) is 0.625. The molecule has 2 N–H and O–H groups in total. The zero-order chi connectivity index (χ0) is 8.43. The highest BCUT2D eigenvalue weighted by Gasteiger charge is 2.08. The largest absolute Gasteiger partial charge is 0.504 e. The molecule has 1 aromatic carbocycles. The highest BCUT2D eigenvalue weighted by molar-refractivity contribution is 6.34. The molecule has 1 rings (SSSR count). The van der Waals surface area contributed by atoms with E-state index in [4.69, 9.17) is 21.8 Å². The maximum atomic E-state index is 10.1. The molecule has 0 spiro atoms. The van der Waals surface area contributed by atoms with Gasteiger partial charge in [0.1, 0.15) is 0 Å². The van der Waals surface area contributed by atoms with Crippen molar-refractivity contribution in [3.05, 3.63) is 22.7 Å². The summed E-state index contributed by atoms with van der Waals surface area (Å²) < 4.78 is 0. The molecule has 0 aromatic heterocycles. The van der Waals surface area contributed by atoms with Crippen LogP contribution in [0.4, 0.5) is 0 Å².